The summed E-state index contributed by atoms with van der Waals surface area (Å²) in [5.41, 5.74) is 0.891. The van der Waals surface area contributed by atoms with Gasteiger partial charge in [0.1, 0.15) is 0 Å². The van der Waals surface area contributed by atoms with Gasteiger partial charge in [-0.15, -0.1) is 22.7 Å². The highest BCUT2D eigenvalue weighted by molar-refractivity contribution is 7.15. The maximum Gasteiger partial charge on any atom is 0.269 e. The van der Waals surface area contributed by atoms with Gasteiger partial charge in [-0.2, -0.15) is 0 Å². The van der Waals surface area contributed by atoms with E-state index in [4.69, 9.17) is 0 Å². The molecule has 3 rings (SSSR count). The molecule has 126 valence electrons. The molecule has 25 heavy (non-hydrogen) atoms. The molecule has 0 aliphatic carbocycles. The SMILES string of the molecule is O=C(C=Cc1cccs1)Nc1ncc(Cc2cccc([N+](=O)[O-])c2)s1. The summed E-state index contributed by atoms with van der Waals surface area (Å²) in [4.78, 5) is 28.4. The number of nitro benzene ring substituents is 1. The Labute approximate surface area is 151 Å². The van der Waals surface area contributed by atoms with E-state index in [1.165, 1.54) is 23.5 Å². The third kappa shape index (κ3) is 4.82. The van der Waals surface area contributed by atoms with Crippen molar-refractivity contribution in [1.29, 1.82) is 0 Å². The number of carbonyl (C=O) groups is 1. The molecule has 2 aromatic heterocycles. The number of benzene rings is 1. The van der Waals surface area contributed by atoms with Crippen LogP contribution in [-0.4, -0.2) is 15.8 Å². The molecule has 0 fully saturated rings. The van der Waals surface area contributed by atoms with Gasteiger partial charge in [0.15, 0.2) is 5.13 Å². The van der Waals surface area contributed by atoms with Gasteiger partial charge in [0.2, 0.25) is 5.91 Å². The number of hydrogen-bond donors (Lipinski definition) is 1. The smallest absolute Gasteiger partial charge is 0.269 e. The van der Waals surface area contributed by atoms with E-state index >= 15 is 0 Å². The van der Waals surface area contributed by atoms with E-state index in [9.17, 15) is 14.9 Å². The highest BCUT2D eigenvalue weighted by atomic mass is 32.1. The Hall–Kier alpha value is -2.84. The van der Waals surface area contributed by atoms with E-state index in [1.807, 2.05) is 23.6 Å². The molecule has 0 saturated heterocycles. The first-order chi connectivity index (χ1) is 12.1. The second-order valence-corrected chi connectivity index (χ2v) is 7.17. The quantitative estimate of drug-likeness (QED) is 0.396. The summed E-state index contributed by atoms with van der Waals surface area (Å²) < 4.78 is 0. The highest BCUT2D eigenvalue weighted by Gasteiger charge is 2.09. The first kappa shape index (κ1) is 17.0. The van der Waals surface area contributed by atoms with Crippen LogP contribution >= 0.6 is 22.7 Å². The molecular formula is C17H13N3O3S2. The molecule has 0 saturated carbocycles. The van der Waals surface area contributed by atoms with Gasteiger partial charge in [0.25, 0.3) is 5.69 Å². The van der Waals surface area contributed by atoms with Gasteiger partial charge >= 0.3 is 0 Å². The lowest BCUT2D eigenvalue weighted by atomic mass is 10.1. The number of rotatable bonds is 6. The molecule has 0 spiro atoms. The molecule has 6 nitrogen and oxygen atoms in total. The van der Waals surface area contributed by atoms with Gasteiger partial charge in [-0.3, -0.25) is 20.2 Å². The fourth-order valence-corrected chi connectivity index (χ4v) is 3.59. The van der Waals surface area contributed by atoms with Crippen LogP contribution in [0, 0.1) is 10.1 Å². The fourth-order valence-electron chi connectivity index (χ4n) is 2.12. The monoisotopic (exact) mass is 371 g/mol. The second kappa shape index (κ2) is 7.82. The van der Waals surface area contributed by atoms with Gasteiger partial charge in [0.05, 0.1) is 4.92 Å². The Balaban J connectivity index is 1.61. The maximum absolute atomic E-state index is 11.9. The zero-order valence-corrected chi connectivity index (χ0v) is 14.5. The molecule has 1 amide bonds. The first-order valence-corrected chi connectivity index (χ1v) is 9.00. The summed E-state index contributed by atoms with van der Waals surface area (Å²) in [5.74, 6) is -0.246. The van der Waals surface area contributed by atoms with E-state index in [1.54, 1.807) is 35.7 Å². The number of carbonyl (C=O) groups excluding carboxylic acids is 1. The normalized spacial score (nSPS) is 10.9. The van der Waals surface area contributed by atoms with Crippen molar-refractivity contribution in [3.8, 4) is 0 Å². The minimum Gasteiger partial charge on any atom is -0.298 e. The number of thiazole rings is 1. The number of nitro groups is 1. The number of amides is 1. The van der Waals surface area contributed by atoms with E-state index in [0.29, 0.717) is 11.6 Å². The molecule has 0 bridgehead atoms. The van der Waals surface area contributed by atoms with Gasteiger partial charge < -0.3 is 0 Å². The summed E-state index contributed by atoms with van der Waals surface area (Å²) in [6.45, 7) is 0. The predicted octanol–water partition coefficient (Wildman–Crippen LogP) is 4.36. The molecule has 0 radical (unpaired) electrons. The zero-order valence-electron chi connectivity index (χ0n) is 12.9. The lowest BCUT2D eigenvalue weighted by Crippen LogP contribution is -2.06. The van der Waals surface area contributed by atoms with Crippen molar-refractivity contribution in [1.82, 2.24) is 4.98 Å². The van der Waals surface area contributed by atoms with Crippen molar-refractivity contribution in [3.05, 3.63) is 79.5 Å². The Morgan fingerprint density at radius 2 is 2.20 bits per heavy atom. The van der Waals surface area contributed by atoms with Crippen LogP contribution in [0.2, 0.25) is 0 Å². The van der Waals surface area contributed by atoms with Crippen molar-refractivity contribution in [2.45, 2.75) is 6.42 Å². The molecule has 1 aromatic carbocycles. The topological polar surface area (TPSA) is 85.1 Å². The molecule has 0 unspecified atom stereocenters. The number of non-ortho nitro benzene ring substituents is 1. The Morgan fingerprint density at radius 3 is 2.96 bits per heavy atom. The van der Waals surface area contributed by atoms with Gasteiger partial charge in [-0.1, -0.05) is 18.2 Å². The van der Waals surface area contributed by atoms with E-state index < -0.39 is 4.92 Å². The summed E-state index contributed by atoms with van der Waals surface area (Å²) in [5, 5.41) is 16.0. The molecule has 0 atom stereocenters. The number of anilines is 1. The molecule has 8 heteroatoms. The van der Waals surface area contributed by atoms with E-state index in [2.05, 4.69) is 10.3 Å². The van der Waals surface area contributed by atoms with Crippen LogP contribution in [-0.2, 0) is 11.2 Å². The van der Waals surface area contributed by atoms with Crippen LogP contribution in [0.5, 0.6) is 0 Å². The average molecular weight is 371 g/mol. The number of hydrogen-bond acceptors (Lipinski definition) is 6. The lowest BCUT2D eigenvalue weighted by Gasteiger charge is -1.98. The van der Waals surface area contributed by atoms with Crippen molar-refractivity contribution >= 4 is 45.5 Å². The average Bonchev–Trinajstić information content (AvgIpc) is 3.25. The number of nitrogens with zero attached hydrogens (tertiary/aromatic N) is 2. The lowest BCUT2D eigenvalue weighted by molar-refractivity contribution is -0.384. The van der Waals surface area contributed by atoms with Crippen molar-refractivity contribution in [3.63, 3.8) is 0 Å². The van der Waals surface area contributed by atoms with Gasteiger partial charge in [0, 0.05) is 40.6 Å². The molecule has 0 aliphatic heterocycles. The number of nitrogens with one attached hydrogen (secondary N) is 1. The minimum absolute atomic E-state index is 0.0641. The van der Waals surface area contributed by atoms with Crippen LogP contribution in [0.4, 0.5) is 10.8 Å². The third-order valence-corrected chi connectivity index (χ3v) is 4.98. The summed E-state index contributed by atoms with van der Waals surface area (Å²) >= 11 is 2.90. The highest BCUT2D eigenvalue weighted by Crippen LogP contribution is 2.23. The van der Waals surface area contributed by atoms with E-state index in [0.717, 1.165) is 15.3 Å². The standard InChI is InChI=1S/C17H13N3O3S2/c21-16(7-6-14-5-2-8-24-14)19-17-18-11-15(25-17)10-12-3-1-4-13(9-12)20(22)23/h1-9,11H,10H2,(H,18,19,21). The van der Waals surface area contributed by atoms with Crippen LogP contribution < -0.4 is 5.32 Å². The summed E-state index contributed by atoms with van der Waals surface area (Å²) in [7, 11) is 0. The van der Waals surface area contributed by atoms with Crippen molar-refractivity contribution in [2.24, 2.45) is 0 Å². The van der Waals surface area contributed by atoms with Crippen molar-refractivity contribution < 1.29 is 9.72 Å². The molecule has 2 heterocycles. The summed E-state index contributed by atoms with van der Waals surface area (Å²) in [6, 6.07) is 10.3. The molecular weight excluding hydrogens is 358 g/mol. The third-order valence-electron chi connectivity index (χ3n) is 3.23. The fraction of sp³-hybridized carbons (Fsp3) is 0.0588. The Kier molecular flexibility index (Phi) is 5.32. The van der Waals surface area contributed by atoms with Gasteiger partial charge in [-0.25, -0.2) is 4.98 Å². The van der Waals surface area contributed by atoms with E-state index in [-0.39, 0.29) is 11.6 Å². The molecule has 0 aliphatic rings. The maximum atomic E-state index is 11.9. The first-order valence-electron chi connectivity index (χ1n) is 7.31. The van der Waals surface area contributed by atoms with Crippen LogP contribution in [0.3, 0.4) is 0 Å². The predicted molar refractivity (Wildman–Crippen MR) is 100.0 cm³/mol. The Morgan fingerprint density at radius 1 is 1.32 bits per heavy atom. The zero-order chi connectivity index (χ0) is 17.6. The second-order valence-electron chi connectivity index (χ2n) is 5.07. The minimum atomic E-state index is -0.415. The molecule has 1 N–H and O–H groups in total. The van der Waals surface area contributed by atoms with Crippen LogP contribution in [0.15, 0.2) is 54.1 Å². The van der Waals surface area contributed by atoms with Crippen molar-refractivity contribution in [2.75, 3.05) is 5.32 Å². The van der Waals surface area contributed by atoms with Gasteiger partial charge in [-0.05, 0) is 23.1 Å². The largest absolute Gasteiger partial charge is 0.298 e. The number of aromatic nitrogens is 1. The number of thiophene rings is 1. The Bertz CT molecular complexity index is 917. The summed E-state index contributed by atoms with van der Waals surface area (Å²) in [6.07, 6.45) is 5.41. The van der Waals surface area contributed by atoms with Crippen LogP contribution in [0.25, 0.3) is 6.08 Å². The molecule has 3 aromatic rings. The van der Waals surface area contributed by atoms with Crippen LogP contribution in [0.1, 0.15) is 15.3 Å².